The molecule has 0 amide bonds. The maximum atomic E-state index is 9.42. The van der Waals surface area contributed by atoms with E-state index in [1.807, 2.05) is 24.3 Å². The van der Waals surface area contributed by atoms with Crippen molar-refractivity contribution >= 4 is 23.4 Å². The van der Waals surface area contributed by atoms with E-state index in [2.05, 4.69) is 10.1 Å². The number of aromatic hydroxyl groups is 1. The zero-order valence-corrected chi connectivity index (χ0v) is 12.4. The second-order valence-electron chi connectivity index (χ2n) is 4.28. The van der Waals surface area contributed by atoms with Gasteiger partial charge in [0.25, 0.3) is 5.89 Å². The summed E-state index contributed by atoms with van der Waals surface area (Å²) in [4.78, 5) is 5.28. The summed E-state index contributed by atoms with van der Waals surface area (Å²) in [5.74, 6) is 1.78. The summed E-state index contributed by atoms with van der Waals surface area (Å²) in [5.41, 5.74) is 0.722. The maximum Gasteiger partial charge on any atom is 0.259 e. The van der Waals surface area contributed by atoms with E-state index >= 15 is 0 Å². The topological polar surface area (TPSA) is 59.2 Å². The first-order valence-corrected chi connectivity index (χ1v) is 7.58. The zero-order chi connectivity index (χ0) is 14.7. The van der Waals surface area contributed by atoms with Crippen LogP contribution in [0.2, 0.25) is 5.02 Å². The molecule has 3 rings (SSSR count). The molecular weight excluding hydrogens is 308 g/mol. The van der Waals surface area contributed by atoms with Crippen molar-refractivity contribution in [2.24, 2.45) is 0 Å². The summed E-state index contributed by atoms with van der Waals surface area (Å²) in [6, 6.07) is 14.4. The van der Waals surface area contributed by atoms with E-state index in [4.69, 9.17) is 16.1 Å². The van der Waals surface area contributed by atoms with Crippen molar-refractivity contribution in [3.05, 3.63) is 59.4 Å². The standard InChI is InChI=1S/C15H11ClN2O2S/c16-13-7-2-1-6-12(13)15-17-14(18-20-15)9-21-11-5-3-4-10(19)8-11/h1-8,19H,9H2. The number of aromatic nitrogens is 2. The van der Waals surface area contributed by atoms with Crippen LogP contribution in [0.1, 0.15) is 5.82 Å². The van der Waals surface area contributed by atoms with Gasteiger partial charge in [0.15, 0.2) is 5.82 Å². The van der Waals surface area contributed by atoms with Crippen LogP contribution in [-0.2, 0) is 5.75 Å². The SMILES string of the molecule is Oc1cccc(SCc2noc(-c3ccccc3Cl)n2)c1. The van der Waals surface area contributed by atoms with E-state index in [-0.39, 0.29) is 5.75 Å². The van der Waals surface area contributed by atoms with E-state index in [0.29, 0.717) is 22.5 Å². The van der Waals surface area contributed by atoms with Crippen molar-refractivity contribution in [3.8, 4) is 17.2 Å². The second kappa shape index (κ2) is 6.20. The van der Waals surface area contributed by atoms with Gasteiger partial charge in [0.2, 0.25) is 0 Å². The van der Waals surface area contributed by atoms with Gasteiger partial charge in [-0.2, -0.15) is 4.98 Å². The Bertz CT molecular complexity index is 761. The van der Waals surface area contributed by atoms with Gasteiger partial charge in [0.05, 0.1) is 16.3 Å². The number of benzene rings is 2. The number of halogens is 1. The molecule has 4 nitrogen and oxygen atoms in total. The quantitative estimate of drug-likeness (QED) is 0.723. The molecular formula is C15H11ClN2O2S. The average molecular weight is 319 g/mol. The summed E-state index contributed by atoms with van der Waals surface area (Å²) in [6.07, 6.45) is 0. The molecule has 0 saturated heterocycles. The van der Waals surface area contributed by atoms with Crippen LogP contribution in [0, 0.1) is 0 Å². The van der Waals surface area contributed by atoms with E-state index < -0.39 is 0 Å². The summed E-state index contributed by atoms with van der Waals surface area (Å²) >= 11 is 7.62. The van der Waals surface area contributed by atoms with Gasteiger partial charge in [0, 0.05) is 4.90 Å². The Morgan fingerprint density at radius 2 is 2.00 bits per heavy atom. The Balaban J connectivity index is 1.72. The smallest absolute Gasteiger partial charge is 0.259 e. The normalized spacial score (nSPS) is 10.7. The molecule has 2 aromatic carbocycles. The number of nitrogens with zero attached hydrogens (tertiary/aromatic N) is 2. The molecule has 3 aromatic rings. The molecule has 6 heteroatoms. The third kappa shape index (κ3) is 3.37. The van der Waals surface area contributed by atoms with Crippen LogP contribution < -0.4 is 0 Å². The third-order valence-corrected chi connectivity index (χ3v) is 4.08. The molecule has 0 aliphatic heterocycles. The fourth-order valence-corrected chi connectivity index (χ4v) is 2.79. The monoisotopic (exact) mass is 318 g/mol. The number of thioether (sulfide) groups is 1. The molecule has 0 atom stereocenters. The number of rotatable bonds is 4. The van der Waals surface area contributed by atoms with Crippen LogP contribution in [0.25, 0.3) is 11.5 Å². The van der Waals surface area contributed by atoms with E-state index in [9.17, 15) is 5.11 Å². The number of hydrogen-bond donors (Lipinski definition) is 1. The molecule has 0 aliphatic rings. The van der Waals surface area contributed by atoms with Crippen LogP contribution in [0.5, 0.6) is 5.75 Å². The van der Waals surface area contributed by atoms with Crippen molar-refractivity contribution in [2.75, 3.05) is 0 Å². The van der Waals surface area contributed by atoms with Gasteiger partial charge in [-0.25, -0.2) is 0 Å². The predicted molar refractivity (Wildman–Crippen MR) is 82.4 cm³/mol. The highest BCUT2D eigenvalue weighted by molar-refractivity contribution is 7.98. The van der Waals surface area contributed by atoms with Gasteiger partial charge in [-0.3, -0.25) is 0 Å². The zero-order valence-electron chi connectivity index (χ0n) is 10.9. The number of phenolic OH excluding ortho intramolecular Hbond substituents is 1. The molecule has 0 fully saturated rings. The number of phenols is 1. The molecule has 0 unspecified atom stereocenters. The number of hydrogen-bond acceptors (Lipinski definition) is 5. The molecule has 106 valence electrons. The second-order valence-corrected chi connectivity index (χ2v) is 5.74. The fraction of sp³-hybridized carbons (Fsp3) is 0.0667. The Hall–Kier alpha value is -1.98. The van der Waals surface area contributed by atoms with Crippen molar-refractivity contribution in [1.29, 1.82) is 0 Å². The first-order valence-electron chi connectivity index (χ1n) is 6.22. The summed E-state index contributed by atoms with van der Waals surface area (Å²) in [6.45, 7) is 0. The molecule has 1 heterocycles. The highest BCUT2D eigenvalue weighted by Gasteiger charge is 2.11. The molecule has 0 spiro atoms. The molecule has 0 bridgehead atoms. The van der Waals surface area contributed by atoms with Crippen LogP contribution >= 0.6 is 23.4 Å². The van der Waals surface area contributed by atoms with Gasteiger partial charge in [-0.15, -0.1) is 11.8 Å². The largest absolute Gasteiger partial charge is 0.508 e. The van der Waals surface area contributed by atoms with Crippen molar-refractivity contribution < 1.29 is 9.63 Å². The summed E-state index contributed by atoms with van der Waals surface area (Å²) in [7, 11) is 0. The molecule has 1 aromatic heterocycles. The summed E-state index contributed by atoms with van der Waals surface area (Å²) in [5, 5.41) is 13.9. The van der Waals surface area contributed by atoms with Crippen LogP contribution in [0.15, 0.2) is 57.9 Å². The Morgan fingerprint density at radius 3 is 2.81 bits per heavy atom. The van der Waals surface area contributed by atoms with E-state index in [1.54, 1.807) is 24.3 Å². The Labute approximate surface area is 130 Å². The third-order valence-electron chi connectivity index (χ3n) is 2.76. The Kier molecular flexibility index (Phi) is 4.13. The van der Waals surface area contributed by atoms with Crippen molar-refractivity contribution in [2.45, 2.75) is 10.6 Å². The lowest BCUT2D eigenvalue weighted by Gasteiger charge is -1.98. The van der Waals surface area contributed by atoms with Gasteiger partial charge >= 0.3 is 0 Å². The highest BCUT2D eigenvalue weighted by atomic mass is 35.5. The first kappa shape index (κ1) is 14.0. The summed E-state index contributed by atoms with van der Waals surface area (Å²) < 4.78 is 5.24. The van der Waals surface area contributed by atoms with Crippen LogP contribution in [0.3, 0.4) is 0 Å². The molecule has 1 N–H and O–H groups in total. The Morgan fingerprint density at radius 1 is 1.14 bits per heavy atom. The van der Waals surface area contributed by atoms with Gasteiger partial charge < -0.3 is 9.63 Å². The minimum atomic E-state index is 0.241. The van der Waals surface area contributed by atoms with Gasteiger partial charge in [-0.05, 0) is 30.3 Å². The van der Waals surface area contributed by atoms with Crippen molar-refractivity contribution in [1.82, 2.24) is 10.1 Å². The van der Waals surface area contributed by atoms with Crippen LogP contribution in [0.4, 0.5) is 0 Å². The van der Waals surface area contributed by atoms with Gasteiger partial charge in [-0.1, -0.05) is 35.0 Å². The van der Waals surface area contributed by atoms with Crippen molar-refractivity contribution in [3.63, 3.8) is 0 Å². The van der Waals surface area contributed by atoms with Gasteiger partial charge in [0.1, 0.15) is 5.75 Å². The minimum absolute atomic E-state index is 0.241. The molecule has 0 radical (unpaired) electrons. The minimum Gasteiger partial charge on any atom is -0.508 e. The first-order chi connectivity index (χ1) is 10.2. The maximum absolute atomic E-state index is 9.42. The van der Waals surface area contributed by atoms with Crippen LogP contribution in [-0.4, -0.2) is 15.2 Å². The average Bonchev–Trinajstić information content (AvgIpc) is 2.94. The fourth-order valence-electron chi connectivity index (χ4n) is 1.78. The molecule has 21 heavy (non-hydrogen) atoms. The molecule has 0 saturated carbocycles. The lowest BCUT2D eigenvalue weighted by Crippen LogP contribution is -1.84. The van der Waals surface area contributed by atoms with E-state index in [1.165, 1.54) is 11.8 Å². The predicted octanol–water partition coefficient (Wildman–Crippen LogP) is 4.39. The van der Waals surface area contributed by atoms with E-state index in [0.717, 1.165) is 10.5 Å². The lowest BCUT2D eigenvalue weighted by molar-refractivity contribution is 0.425. The molecule has 0 aliphatic carbocycles. The lowest BCUT2D eigenvalue weighted by atomic mass is 10.2. The highest BCUT2D eigenvalue weighted by Crippen LogP contribution is 2.28.